The monoisotopic (exact) mass is 287 g/mol. The van der Waals surface area contributed by atoms with Crippen molar-refractivity contribution >= 4 is 17.5 Å². The van der Waals surface area contributed by atoms with Gasteiger partial charge in [0.15, 0.2) is 0 Å². The molecule has 2 aliphatic rings. The normalized spacial score (nSPS) is 25.8. The minimum absolute atomic E-state index is 0.0699. The highest BCUT2D eigenvalue weighted by atomic mass is 16.2. The molecule has 6 heteroatoms. The van der Waals surface area contributed by atoms with Crippen molar-refractivity contribution in [3.8, 4) is 0 Å². The Kier molecular flexibility index (Phi) is 3.60. The first-order valence-corrected chi connectivity index (χ1v) is 7.08. The minimum Gasteiger partial charge on any atom is -0.366 e. The van der Waals surface area contributed by atoms with E-state index in [1.807, 2.05) is 0 Å². The number of aromatic amines is 1. The molecular formula is C15H17N3O3. The molecule has 0 aliphatic heterocycles. The number of hydrogen-bond acceptors (Lipinski definition) is 3. The SMILES string of the molecule is O=C(NC[C@H]1C[C@H]2C=C[C@H]1C2)C(=O)Nc1c[nH]ccc1=O. The molecule has 0 saturated heterocycles. The van der Waals surface area contributed by atoms with Gasteiger partial charge in [-0.3, -0.25) is 14.4 Å². The van der Waals surface area contributed by atoms with E-state index in [4.69, 9.17) is 0 Å². The summed E-state index contributed by atoms with van der Waals surface area (Å²) in [5.41, 5.74) is -0.270. The second-order valence-corrected chi connectivity index (χ2v) is 5.63. The van der Waals surface area contributed by atoms with Gasteiger partial charge in [0.05, 0.1) is 0 Å². The molecular weight excluding hydrogens is 270 g/mol. The molecule has 0 unspecified atom stereocenters. The lowest BCUT2D eigenvalue weighted by Gasteiger charge is -2.18. The van der Waals surface area contributed by atoms with Crippen LogP contribution < -0.4 is 16.1 Å². The van der Waals surface area contributed by atoms with Gasteiger partial charge in [-0.2, -0.15) is 0 Å². The van der Waals surface area contributed by atoms with Crippen LogP contribution in [0.25, 0.3) is 0 Å². The number of anilines is 1. The number of aromatic nitrogens is 1. The van der Waals surface area contributed by atoms with E-state index in [-0.39, 0.29) is 11.1 Å². The van der Waals surface area contributed by atoms with Crippen molar-refractivity contribution in [2.45, 2.75) is 12.8 Å². The van der Waals surface area contributed by atoms with Gasteiger partial charge < -0.3 is 15.6 Å². The molecule has 6 nitrogen and oxygen atoms in total. The zero-order valence-corrected chi connectivity index (χ0v) is 11.5. The first-order valence-electron chi connectivity index (χ1n) is 7.08. The second kappa shape index (κ2) is 5.55. The van der Waals surface area contributed by atoms with E-state index in [1.54, 1.807) is 0 Å². The number of rotatable bonds is 3. The number of carbonyl (C=O) groups is 2. The van der Waals surface area contributed by atoms with Gasteiger partial charge in [-0.25, -0.2) is 0 Å². The Balaban J connectivity index is 1.51. The van der Waals surface area contributed by atoms with Crippen LogP contribution in [-0.2, 0) is 9.59 Å². The van der Waals surface area contributed by atoms with Crippen molar-refractivity contribution in [2.24, 2.45) is 17.8 Å². The molecule has 3 N–H and O–H groups in total. The molecule has 1 saturated carbocycles. The lowest BCUT2D eigenvalue weighted by Crippen LogP contribution is -2.39. The zero-order chi connectivity index (χ0) is 14.8. The van der Waals surface area contributed by atoms with Crippen LogP contribution in [0, 0.1) is 17.8 Å². The van der Waals surface area contributed by atoms with Crippen LogP contribution in [-0.4, -0.2) is 23.3 Å². The number of fused-ring (bicyclic) bond motifs is 2. The van der Waals surface area contributed by atoms with Gasteiger partial charge in [-0.1, -0.05) is 12.2 Å². The lowest BCUT2D eigenvalue weighted by molar-refractivity contribution is -0.136. The van der Waals surface area contributed by atoms with E-state index in [1.165, 1.54) is 18.5 Å². The molecule has 3 rings (SSSR count). The largest absolute Gasteiger partial charge is 0.366 e. The number of carbonyl (C=O) groups excluding carboxylic acids is 2. The second-order valence-electron chi connectivity index (χ2n) is 5.63. The molecule has 1 aromatic rings. The van der Waals surface area contributed by atoms with E-state index in [9.17, 15) is 14.4 Å². The van der Waals surface area contributed by atoms with Crippen LogP contribution in [0.4, 0.5) is 5.69 Å². The number of H-pyrrole nitrogens is 1. The smallest absolute Gasteiger partial charge is 0.313 e. The average molecular weight is 287 g/mol. The molecule has 1 aromatic heterocycles. The third kappa shape index (κ3) is 2.89. The molecule has 110 valence electrons. The Morgan fingerprint density at radius 3 is 2.76 bits per heavy atom. The predicted octanol–water partition coefficient (Wildman–Crippen LogP) is 0.642. The van der Waals surface area contributed by atoms with E-state index in [0.717, 1.165) is 12.8 Å². The summed E-state index contributed by atoms with van der Waals surface area (Å²) in [6, 6.07) is 1.29. The quantitative estimate of drug-likeness (QED) is 0.563. The predicted molar refractivity (Wildman–Crippen MR) is 77.5 cm³/mol. The van der Waals surface area contributed by atoms with Gasteiger partial charge in [0, 0.05) is 25.0 Å². The highest BCUT2D eigenvalue weighted by Gasteiger charge is 2.35. The molecule has 1 heterocycles. The van der Waals surface area contributed by atoms with Crippen LogP contribution in [0.1, 0.15) is 12.8 Å². The molecule has 1 fully saturated rings. The van der Waals surface area contributed by atoms with E-state index >= 15 is 0 Å². The van der Waals surface area contributed by atoms with Crippen LogP contribution in [0.3, 0.4) is 0 Å². The minimum atomic E-state index is -0.814. The third-order valence-corrected chi connectivity index (χ3v) is 4.22. The van der Waals surface area contributed by atoms with Crippen molar-refractivity contribution in [1.29, 1.82) is 0 Å². The maximum atomic E-state index is 11.8. The standard InChI is InChI=1S/C15H17N3O3/c19-13-3-4-16-8-12(13)18-15(21)14(20)17-7-11-6-9-1-2-10(11)5-9/h1-4,8-11H,5-7H2,(H,16,19)(H,17,20)(H,18,21)/t9-,10-,11+/m0/s1. The summed E-state index contributed by atoms with van der Waals surface area (Å²) in [5, 5.41) is 4.96. The van der Waals surface area contributed by atoms with Gasteiger partial charge in [0.2, 0.25) is 5.43 Å². The fourth-order valence-corrected chi connectivity index (χ4v) is 3.13. The Labute approximate surface area is 121 Å². The Morgan fingerprint density at radius 1 is 1.24 bits per heavy atom. The van der Waals surface area contributed by atoms with Gasteiger partial charge in [0.1, 0.15) is 5.69 Å². The number of amides is 2. The summed E-state index contributed by atoms with van der Waals surface area (Å²) in [5.74, 6) is 0.0521. The number of hydrogen-bond donors (Lipinski definition) is 3. The van der Waals surface area contributed by atoms with Crippen molar-refractivity contribution in [3.05, 3.63) is 40.8 Å². The number of pyridine rings is 1. The highest BCUT2D eigenvalue weighted by molar-refractivity contribution is 6.39. The Morgan fingerprint density at radius 2 is 2.10 bits per heavy atom. The summed E-state index contributed by atoms with van der Waals surface area (Å²) in [6.07, 6.45) is 9.48. The molecule has 0 radical (unpaired) electrons. The Bertz CT molecular complexity index is 650. The van der Waals surface area contributed by atoms with Crippen molar-refractivity contribution in [1.82, 2.24) is 10.3 Å². The summed E-state index contributed by atoms with van der Waals surface area (Å²) >= 11 is 0. The van der Waals surface area contributed by atoms with Gasteiger partial charge >= 0.3 is 11.8 Å². The molecule has 2 bridgehead atoms. The van der Waals surface area contributed by atoms with E-state index in [2.05, 4.69) is 27.8 Å². The maximum absolute atomic E-state index is 11.8. The molecule has 2 amide bonds. The molecule has 21 heavy (non-hydrogen) atoms. The molecule has 0 spiro atoms. The summed E-state index contributed by atoms with van der Waals surface area (Å²) in [7, 11) is 0. The summed E-state index contributed by atoms with van der Waals surface area (Å²) in [6.45, 7) is 0.503. The van der Waals surface area contributed by atoms with Crippen LogP contribution in [0.5, 0.6) is 0 Å². The molecule has 3 atom stereocenters. The average Bonchev–Trinajstić information content (AvgIpc) is 3.09. The van der Waals surface area contributed by atoms with E-state index in [0.29, 0.717) is 24.3 Å². The zero-order valence-electron chi connectivity index (χ0n) is 11.5. The number of nitrogens with one attached hydrogen (secondary N) is 3. The van der Waals surface area contributed by atoms with Crippen LogP contribution in [0.15, 0.2) is 35.4 Å². The maximum Gasteiger partial charge on any atom is 0.313 e. The molecule has 2 aliphatic carbocycles. The summed E-state index contributed by atoms with van der Waals surface area (Å²) < 4.78 is 0. The molecule has 0 aromatic carbocycles. The Hall–Kier alpha value is -2.37. The lowest BCUT2D eigenvalue weighted by atomic mass is 9.94. The van der Waals surface area contributed by atoms with Crippen LogP contribution >= 0.6 is 0 Å². The van der Waals surface area contributed by atoms with E-state index < -0.39 is 11.8 Å². The highest BCUT2D eigenvalue weighted by Crippen LogP contribution is 2.42. The van der Waals surface area contributed by atoms with Crippen molar-refractivity contribution in [2.75, 3.05) is 11.9 Å². The van der Waals surface area contributed by atoms with Crippen LogP contribution in [0.2, 0.25) is 0 Å². The first-order chi connectivity index (χ1) is 10.1. The van der Waals surface area contributed by atoms with Crippen molar-refractivity contribution in [3.63, 3.8) is 0 Å². The van der Waals surface area contributed by atoms with Gasteiger partial charge in [0.25, 0.3) is 0 Å². The van der Waals surface area contributed by atoms with Crippen molar-refractivity contribution < 1.29 is 9.59 Å². The topological polar surface area (TPSA) is 91.1 Å². The summed E-state index contributed by atoms with van der Waals surface area (Å²) in [4.78, 5) is 37.7. The number of allylic oxidation sites excluding steroid dienone is 2. The third-order valence-electron chi connectivity index (χ3n) is 4.22. The first kappa shape index (κ1) is 13.6. The van der Waals surface area contributed by atoms with Gasteiger partial charge in [-0.05, 0) is 30.6 Å². The van der Waals surface area contributed by atoms with Gasteiger partial charge in [-0.15, -0.1) is 0 Å². The fourth-order valence-electron chi connectivity index (χ4n) is 3.13. The fraction of sp³-hybridized carbons (Fsp3) is 0.400.